The number of halogens is 3. The molecule has 3 aliphatic rings. The molecule has 0 bridgehead atoms. The highest BCUT2D eigenvalue weighted by atomic mass is 19.4. The molecule has 6 nitrogen and oxygen atoms in total. The molecule has 1 N–H and O–H groups in total. The molecule has 1 aliphatic heterocycles. The number of nitrogens with zero attached hydrogens (tertiary/aromatic N) is 3. The maximum Gasteiger partial charge on any atom is 0.490 e. The maximum atomic E-state index is 10.6. The van der Waals surface area contributed by atoms with E-state index in [9.17, 15) is 13.2 Å². The second-order valence-electron chi connectivity index (χ2n) is 8.40. The lowest BCUT2D eigenvalue weighted by Gasteiger charge is -2.28. The van der Waals surface area contributed by atoms with Crippen LogP contribution in [0.4, 0.5) is 13.2 Å². The molecule has 28 heavy (non-hydrogen) atoms. The Labute approximate surface area is 162 Å². The van der Waals surface area contributed by atoms with Gasteiger partial charge in [-0.3, -0.25) is 9.58 Å². The second-order valence-corrected chi connectivity index (χ2v) is 8.40. The summed E-state index contributed by atoms with van der Waals surface area (Å²) in [6, 6.07) is 0. The van der Waals surface area contributed by atoms with Gasteiger partial charge < -0.3 is 9.84 Å². The first-order valence-corrected chi connectivity index (χ1v) is 9.76. The number of rotatable bonds is 6. The summed E-state index contributed by atoms with van der Waals surface area (Å²) < 4.78 is 39.7. The van der Waals surface area contributed by atoms with Gasteiger partial charge in [0.25, 0.3) is 0 Å². The Bertz CT molecular complexity index is 675. The molecule has 1 aromatic heterocycles. The molecule has 0 radical (unpaired) electrons. The fraction of sp³-hybridized carbons (Fsp3) is 0.789. The van der Waals surface area contributed by atoms with E-state index in [1.54, 1.807) is 0 Å². The average molecular weight is 403 g/mol. The fourth-order valence-electron chi connectivity index (χ4n) is 4.41. The van der Waals surface area contributed by atoms with Crippen LogP contribution in [0, 0.1) is 17.3 Å². The van der Waals surface area contributed by atoms with Crippen molar-refractivity contribution in [3.05, 3.63) is 18.0 Å². The van der Waals surface area contributed by atoms with Crippen LogP contribution < -0.4 is 0 Å². The molecule has 9 heteroatoms. The van der Waals surface area contributed by atoms with E-state index in [4.69, 9.17) is 14.6 Å². The van der Waals surface area contributed by atoms with Gasteiger partial charge in [-0.05, 0) is 37.5 Å². The molecular weight excluding hydrogens is 375 g/mol. The quantitative estimate of drug-likeness (QED) is 0.791. The molecule has 3 fully saturated rings. The highest BCUT2D eigenvalue weighted by Gasteiger charge is 2.49. The largest absolute Gasteiger partial charge is 0.490 e. The van der Waals surface area contributed by atoms with Gasteiger partial charge in [-0.25, -0.2) is 4.79 Å². The van der Waals surface area contributed by atoms with Crippen LogP contribution in [-0.2, 0) is 23.1 Å². The van der Waals surface area contributed by atoms with Crippen LogP contribution in [0.1, 0.15) is 37.7 Å². The van der Waals surface area contributed by atoms with Crippen LogP contribution in [0.25, 0.3) is 0 Å². The summed E-state index contributed by atoms with van der Waals surface area (Å²) in [4.78, 5) is 11.5. The van der Waals surface area contributed by atoms with Crippen LogP contribution in [0.15, 0.2) is 12.4 Å². The van der Waals surface area contributed by atoms with Crippen LogP contribution in [0.5, 0.6) is 0 Å². The number of ether oxygens (including phenoxy) is 1. The number of hydrogen-bond donors (Lipinski definition) is 1. The van der Waals surface area contributed by atoms with Gasteiger partial charge in [-0.15, -0.1) is 0 Å². The lowest BCUT2D eigenvalue weighted by Crippen LogP contribution is -2.32. The first-order chi connectivity index (χ1) is 13.2. The van der Waals surface area contributed by atoms with E-state index in [0.717, 1.165) is 31.6 Å². The zero-order valence-corrected chi connectivity index (χ0v) is 16.1. The smallest absolute Gasteiger partial charge is 0.475 e. The SMILES string of the molecule is Cn1cc(CN2C[C@H]3CCC[C@@]3(COCC3CC3)C2)cn1.O=C(O)C(F)(F)F. The minimum Gasteiger partial charge on any atom is -0.475 e. The van der Waals surface area contributed by atoms with Crippen molar-refractivity contribution in [2.45, 2.75) is 44.8 Å². The Balaban J connectivity index is 0.000000279. The van der Waals surface area contributed by atoms with Crippen molar-refractivity contribution in [1.29, 1.82) is 0 Å². The topological polar surface area (TPSA) is 67.6 Å². The number of aliphatic carboxylic acids is 1. The van der Waals surface area contributed by atoms with Crippen molar-refractivity contribution < 1.29 is 27.8 Å². The lowest BCUT2D eigenvalue weighted by molar-refractivity contribution is -0.192. The number of hydrogen-bond acceptors (Lipinski definition) is 4. The molecule has 1 saturated heterocycles. The standard InChI is InChI=1S/C17H27N3O.C2HF3O2/c1-19-8-15(7-18-19)9-20-10-16-3-2-6-17(16,12-20)13-21-11-14-4-5-14;3-2(4,5)1(6)7/h7-8,14,16H,2-6,9-13H2,1H3;(H,6,7)/t16-,17+;/m1./s1. The molecule has 2 aliphatic carbocycles. The number of carboxylic acids is 1. The van der Waals surface area contributed by atoms with E-state index in [-0.39, 0.29) is 0 Å². The third-order valence-corrected chi connectivity index (χ3v) is 5.96. The Morgan fingerprint density at radius 1 is 1.39 bits per heavy atom. The van der Waals surface area contributed by atoms with E-state index < -0.39 is 12.1 Å². The maximum absolute atomic E-state index is 10.6. The number of likely N-dealkylation sites (tertiary alicyclic amines) is 1. The Hall–Kier alpha value is -1.61. The van der Waals surface area contributed by atoms with E-state index in [0.29, 0.717) is 5.41 Å². The summed E-state index contributed by atoms with van der Waals surface area (Å²) in [6.45, 7) is 5.53. The van der Waals surface area contributed by atoms with Crippen molar-refractivity contribution >= 4 is 5.97 Å². The zero-order chi connectivity index (χ0) is 20.4. The number of aryl methyl sites for hydroxylation is 1. The second kappa shape index (κ2) is 8.41. The molecule has 4 rings (SSSR count). The van der Waals surface area contributed by atoms with E-state index in [1.807, 2.05) is 17.9 Å². The van der Waals surface area contributed by atoms with Crippen molar-refractivity contribution in [3.63, 3.8) is 0 Å². The fourth-order valence-corrected chi connectivity index (χ4v) is 4.41. The summed E-state index contributed by atoms with van der Waals surface area (Å²) in [5, 5.41) is 11.4. The minimum atomic E-state index is -5.08. The van der Waals surface area contributed by atoms with Gasteiger partial charge in [0.1, 0.15) is 0 Å². The van der Waals surface area contributed by atoms with Gasteiger partial charge in [-0.1, -0.05) is 6.42 Å². The summed E-state index contributed by atoms with van der Waals surface area (Å²) in [5.41, 5.74) is 1.79. The van der Waals surface area contributed by atoms with Gasteiger partial charge in [0.05, 0.1) is 12.8 Å². The molecule has 2 heterocycles. The van der Waals surface area contributed by atoms with Crippen LogP contribution in [0.3, 0.4) is 0 Å². The molecule has 0 spiro atoms. The normalized spacial score (nSPS) is 27.4. The first-order valence-electron chi connectivity index (χ1n) is 9.76. The number of aromatic nitrogens is 2. The van der Waals surface area contributed by atoms with Crippen molar-refractivity contribution in [2.24, 2.45) is 24.3 Å². The molecule has 0 amide bonds. The van der Waals surface area contributed by atoms with Crippen molar-refractivity contribution in [3.8, 4) is 0 Å². The van der Waals surface area contributed by atoms with Gasteiger partial charge in [-0.2, -0.15) is 18.3 Å². The first kappa shape index (κ1) is 21.1. The van der Waals surface area contributed by atoms with Crippen molar-refractivity contribution in [1.82, 2.24) is 14.7 Å². The highest BCUT2D eigenvalue weighted by molar-refractivity contribution is 5.73. The number of carbonyl (C=O) groups is 1. The van der Waals surface area contributed by atoms with Crippen molar-refractivity contribution in [2.75, 3.05) is 26.3 Å². The van der Waals surface area contributed by atoms with E-state index in [1.165, 1.54) is 50.8 Å². The molecule has 1 aromatic rings. The Kier molecular flexibility index (Phi) is 6.34. The zero-order valence-electron chi connectivity index (χ0n) is 16.1. The highest BCUT2D eigenvalue weighted by Crippen LogP contribution is 2.49. The molecule has 158 valence electrons. The van der Waals surface area contributed by atoms with Crippen LogP contribution in [-0.4, -0.2) is 58.2 Å². The summed E-state index contributed by atoms with van der Waals surface area (Å²) in [5.74, 6) is -1.02. The van der Waals surface area contributed by atoms with Gasteiger partial charge >= 0.3 is 12.1 Å². The van der Waals surface area contributed by atoms with Gasteiger partial charge in [0, 0.05) is 50.5 Å². The third kappa shape index (κ3) is 5.47. The molecule has 2 atom stereocenters. The van der Waals surface area contributed by atoms with Gasteiger partial charge in [0.2, 0.25) is 0 Å². The summed E-state index contributed by atoms with van der Waals surface area (Å²) in [6.07, 6.45) is 6.02. The average Bonchev–Trinajstić information content (AvgIpc) is 3.05. The lowest BCUT2D eigenvalue weighted by atomic mass is 9.81. The minimum absolute atomic E-state index is 0.455. The molecular formula is C19H28F3N3O3. The third-order valence-electron chi connectivity index (χ3n) is 5.96. The monoisotopic (exact) mass is 403 g/mol. The summed E-state index contributed by atoms with van der Waals surface area (Å²) in [7, 11) is 2.00. The Morgan fingerprint density at radius 2 is 2.11 bits per heavy atom. The molecule has 0 aromatic carbocycles. The number of fused-ring (bicyclic) bond motifs is 1. The predicted octanol–water partition coefficient (Wildman–Crippen LogP) is 3.08. The van der Waals surface area contributed by atoms with E-state index in [2.05, 4.69) is 16.2 Å². The van der Waals surface area contributed by atoms with Gasteiger partial charge in [0.15, 0.2) is 0 Å². The Morgan fingerprint density at radius 3 is 2.68 bits per heavy atom. The molecule has 2 saturated carbocycles. The number of carboxylic acid groups (broad SMARTS) is 1. The predicted molar refractivity (Wildman–Crippen MR) is 95.5 cm³/mol. The number of alkyl halides is 3. The van der Waals surface area contributed by atoms with E-state index >= 15 is 0 Å². The molecule has 0 unspecified atom stereocenters. The summed E-state index contributed by atoms with van der Waals surface area (Å²) >= 11 is 0. The van der Waals surface area contributed by atoms with Crippen LogP contribution in [0.2, 0.25) is 0 Å². The van der Waals surface area contributed by atoms with Crippen LogP contribution >= 0.6 is 0 Å².